The highest BCUT2D eigenvalue weighted by Gasteiger charge is 2.18. The Hall–Kier alpha value is -2.84. The van der Waals surface area contributed by atoms with E-state index in [0.29, 0.717) is 17.1 Å². The molecule has 0 unspecified atom stereocenters. The second kappa shape index (κ2) is 8.03. The number of benzene rings is 1. The number of carbonyl (C=O) groups is 2. The third-order valence-electron chi connectivity index (χ3n) is 3.59. The van der Waals surface area contributed by atoms with Gasteiger partial charge >= 0.3 is 6.03 Å². The number of ether oxygens (including phenoxy) is 1. The highest BCUT2D eigenvalue weighted by molar-refractivity contribution is 7.20. The van der Waals surface area contributed by atoms with Crippen molar-refractivity contribution in [3.05, 3.63) is 58.3 Å². The van der Waals surface area contributed by atoms with Crippen LogP contribution in [0.2, 0.25) is 0 Å². The summed E-state index contributed by atoms with van der Waals surface area (Å²) in [5.41, 5.74) is 6.54. The maximum absolute atomic E-state index is 12.6. The molecule has 0 spiro atoms. The van der Waals surface area contributed by atoms with Crippen LogP contribution in [0.1, 0.15) is 15.2 Å². The lowest BCUT2D eigenvalue weighted by Gasteiger charge is -2.05. The van der Waals surface area contributed by atoms with Crippen molar-refractivity contribution < 1.29 is 14.3 Å². The summed E-state index contributed by atoms with van der Waals surface area (Å²) in [6.07, 6.45) is 0. The smallest absolute Gasteiger partial charge is 0.317 e. The monoisotopic (exact) mass is 387 g/mol. The molecule has 6 nitrogen and oxygen atoms in total. The van der Waals surface area contributed by atoms with E-state index < -0.39 is 6.03 Å². The van der Waals surface area contributed by atoms with Crippen LogP contribution in [0.15, 0.2) is 47.8 Å². The Bertz CT molecular complexity index is 902. The first-order chi connectivity index (χ1) is 12.6. The van der Waals surface area contributed by atoms with Crippen molar-refractivity contribution >= 4 is 39.6 Å². The number of rotatable bonds is 6. The van der Waals surface area contributed by atoms with Crippen molar-refractivity contribution in [2.75, 3.05) is 12.4 Å². The van der Waals surface area contributed by atoms with Gasteiger partial charge in [-0.1, -0.05) is 6.07 Å². The predicted octanol–water partition coefficient (Wildman–Crippen LogP) is 3.91. The fourth-order valence-electron chi connectivity index (χ4n) is 2.34. The number of primary amides is 1. The van der Waals surface area contributed by atoms with Crippen LogP contribution in [0.3, 0.4) is 0 Å². The van der Waals surface area contributed by atoms with Gasteiger partial charge in [0, 0.05) is 9.75 Å². The molecule has 2 aromatic heterocycles. The molecule has 1 aromatic carbocycles. The van der Waals surface area contributed by atoms with Crippen LogP contribution in [0.4, 0.5) is 9.80 Å². The third-order valence-corrected chi connectivity index (χ3v) is 5.57. The molecule has 4 N–H and O–H groups in total. The van der Waals surface area contributed by atoms with E-state index in [1.807, 2.05) is 41.8 Å². The number of hydrogen-bond acceptors (Lipinski definition) is 5. The number of urea groups is 1. The lowest BCUT2D eigenvalue weighted by molar-refractivity contribution is 0.0952. The van der Waals surface area contributed by atoms with Gasteiger partial charge < -0.3 is 15.8 Å². The number of anilines is 1. The normalized spacial score (nSPS) is 10.3. The van der Waals surface area contributed by atoms with Crippen molar-refractivity contribution in [1.29, 1.82) is 0 Å². The molecule has 0 aliphatic heterocycles. The number of nitrogens with one attached hydrogen (secondary N) is 2. The third kappa shape index (κ3) is 4.22. The molecule has 3 amide bonds. The zero-order chi connectivity index (χ0) is 18.5. The second-order valence-electron chi connectivity index (χ2n) is 5.33. The van der Waals surface area contributed by atoms with Gasteiger partial charge in [-0.05, 0) is 47.3 Å². The largest absolute Gasteiger partial charge is 0.497 e. The van der Waals surface area contributed by atoms with E-state index >= 15 is 0 Å². The van der Waals surface area contributed by atoms with Gasteiger partial charge in [0.15, 0.2) is 0 Å². The maximum atomic E-state index is 12.6. The average molecular weight is 387 g/mol. The van der Waals surface area contributed by atoms with Crippen LogP contribution in [0, 0.1) is 0 Å². The van der Waals surface area contributed by atoms with Gasteiger partial charge in [-0.15, -0.1) is 22.7 Å². The molecule has 0 bridgehead atoms. The van der Waals surface area contributed by atoms with E-state index in [2.05, 4.69) is 10.6 Å². The van der Waals surface area contributed by atoms with Gasteiger partial charge in [0.05, 0.1) is 19.2 Å². The molecule has 3 aromatic rings. The molecule has 0 fully saturated rings. The summed E-state index contributed by atoms with van der Waals surface area (Å²) in [5, 5.41) is 7.77. The molecule has 0 aliphatic carbocycles. The van der Waals surface area contributed by atoms with Crippen LogP contribution in [0.25, 0.3) is 10.4 Å². The Morgan fingerprint density at radius 2 is 1.96 bits per heavy atom. The first-order valence-corrected chi connectivity index (χ1v) is 9.41. The first kappa shape index (κ1) is 18.0. The Kier molecular flexibility index (Phi) is 5.55. The van der Waals surface area contributed by atoms with E-state index in [1.165, 1.54) is 11.3 Å². The molecule has 3 rings (SSSR count). The molecule has 2 heterocycles. The lowest BCUT2D eigenvalue weighted by atomic mass is 10.1. The fraction of sp³-hybridized carbons (Fsp3) is 0.111. The summed E-state index contributed by atoms with van der Waals surface area (Å²) < 4.78 is 5.16. The second-order valence-corrected chi connectivity index (χ2v) is 7.42. The highest BCUT2D eigenvalue weighted by Crippen LogP contribution is 2.36. The number of carbonyl (C=O) groups excluding carboxylic acids is 2. The minimum atomic E-state index is -0.708. The summed E-state index contributed by atoms with van der Waals surface area (Å²) >= 11 is 2.86. The van der Waals surface area contributed by atoms with Crippen LogP contribution >= 0.6 is 22.7 Å². The molecule has 0 atom stereocenters. The van der Waals surface area contributed by atoms with Gasteiger partial charge in [0.25, 0.3) is 5.91 Å². The average Bonchev–Trinajstić information content (AvgIpc) is 3.29. The molecule has 134 valence electrons. The number of amides is 3. The number of methoxy groups -OCH3 is 1. The topological polar surface area (TPSA) is 93.4 Å². The Morgan fingerprint density at radius 3 is 2.58 bits per heavy atom. The molecule has 26 heavy (non-hydrogen) atoms. The van der Waals surface area contributed by atoms with E-state index in [-0.39, 0.29) is 5.91 Å². The van der Waals surface area contributed by atoms with Crippen molar-refractivity contribution in [3.63, 3.8) is 0 Å². The van der Waals surface area contributed by atoms with E-state index in [0.717, 1.165) is 21.1 Å². The lowest BCUT2D eigenvalue weighted by Crippen LogP contribution is -2.25. The zero-order valence-electron chi connectivity index (χ0n) is 13.9. The summed E-state index contributed by atoms with van der Waals surface area (Å²) in [7, 11) is 1.60. The fourth-order valence-corrected chi connectivity index (χ4v) is 4.05. The summed E-state index contributed by atoms with van der Waals surface area (Å²) in [4.78, 5) is 25.8. The molecule has 0 saturated carbocycles. The molecule has 8 heteroatoms. The Balaban J connectivity index is 1.85. The van der Waals surface area contributed by atoms with Gasteiger partial charge in [-0.2, -0.15) is 0 Å². The van der Waals surface area contributed by atoms with Crippen molar-refractivity contribution in [3.8, 4) is 16.2 Å². The Labute approximate surface area is 158 Å². The Morgan fingerprint density at radius 1 is 1.19 bits per heavy atom. The van der Waals surface area contributed by atoms with Crippen LogP contribution < -0.4 is 21.1 Å². The predicted molar refractivity (Wildman–Crippen MR) is 105 cm³/mol. The van der Waals surface area contributed by atoms with Crippen LogP contribution in [-0.4, -0.2) is 19.0 Å². The van der Waals surface area contributed by atoms with Gasteiger partial charge in [-0.25, -0.2) is 4.79 Å². The quantitative estimate of drug-likeness (QED) is 0.599. The van der Waals surface area contributed by atoms with Crippen molar-refractivity contribution in [2.45, 2.75) is 6.54 Å². The number of hydrogen-bond donors (Lipinski definition) is 3. The molecular weight excluding hydrogens is 370 g/mol. The molecular formula is C18H17N3O3S2. The summed E-state index contributed by atoms with van der Waals surface area (Å²) in [6, 6.07) is 12.4. The van der Waals surface area contributed by atoms with Crippen LogP contribution in [-0.2, 0) is 6.54 Å². The van der Waals surface area contributed by atoms with Crippen molar-refractivity contribution in [1.82, 2.24) is 5.32 Å². The van der Waals surface area contributed by atoms with Gasteiger partial charge in [-0.3, -0.25) is 10.1 Å². The van der Waals surface area contributed by atoms with E-state index in [9.17, 15) is 9.59 Å². The number of nitrogens with two attached hydrogens (primary N) is 1. The summed E-state index contributed by atoms with van der Waals surface area (Å²) in [6.45, 7) is 0.431. The molecule has 0 radical (unpaired) electrons. The van der Waals surface area contributed by atoms with Crippen molar-refractivity contribution in [2.24, 2.45) is 5.73 Å². The van der Waals surface area contributed by atoms with E-state index in [4.69, 9.17) is 10.5 Å². The molecule has 0 aliphatic rings. The number of thiophene rings is 2. The summed E-state index contributed by atoms with van der Waals surface area (Å²) in [5.74, 6) is 0.480. The minimum absolute atomic E-state index is 0.266. The standard InChI is InChI=1S/C18H17N3O3S2/c1-24-12-6-4-11(5-7-12)15-9-14(17(26-15)21-18(19)23)16(22)20-10-13-3-2-8-25-13/h2-9H,10H2,1H3,(H,20,22)(H3,19,21,23). The molecule has 0 saturated heterocycles. The van der Waals surface area contributed by atoms with Gasteiger partial charge in [0.1, 0.15) is 10.8 Å². The highest BCUT2D eigenvalue weighted by atomic mass is 32.1. The first-order valence-electron chi connectivity index (χ1n) is 7.72. The van der Waals surface area contributed by atoms with Crippen LogP contribution in [0.5, 0.6) is 5.75 Å². The maximum Gasteiger partial charge on any atom is 0.317 e. The van der Waals surface area contributed by atoms with Gasteiger partial charge in [0.2, 0.25) is 0 Å². The SMILES string of the molecule is COc1ccc(-c2cc(C(=O)NCc3cccs3)c(NC(N)=O)s2)cc1. The van der Waals surface area contributed by atoms with E-state index in [1.54, 1.807) is 24.5 Å². The minimum Gasteiger partial charge on any atom is -0.497 e. The zero-order valence-corrected chi connectivity index (χ0v) is 15.6.